The first-order chi connectivity index (χ1) is 17.7. The summed E-state index contributed by atoms with van der Waals surface area (Å²) < 4.78 is 0. The Morgan fingerprint density at radius 3 is 2.32 bits per heavy atom. The molecule has 0 unspecified atom stereocenters. The molecule has 0 bridgehead atoms. The van der Waals surface area contributed by atoms with Crippen molar-refractivity contribution >= 4 is 57.4 Å². The lowest BCUT2D eigenvalue weighted by atomic mass is 9.99. The Labute approximate surface area is 219 Å². The first kappa shape index (κ1) is 25.9. The highest BCUT2D eigenvalue weighted by atomic mass is 35.5. The number of nitrogens with zero attached hydrogens (tertiary/aromatic N) is 3. The minimum atomic E-state index is -0.575. The van der Waals surface area contributed by atoms with Crippen molar-refractivity contribution in [2.24, 2.45) is 0 Å². The lowest BCUT2D eigenvalue weighted by Crippen LogP contribution is -2.35. The van der Waals surface area contributed by atoms with Gasteiger partial charge in [-0.3, -0.25) is 19.7 Å². The summed E-state index contributed by atoms with van der Waals surface area (Å²) in [6, 6.07) is 19.2. The summed E-state index contributed by atoms with van der Waals surface area (Å²) in [5, 5.41) is 17.5. The smallest absolute Gasteiger partial charge is 0.288 e. The molecular formula is C27H26ClN5O4. The van der Waals surface area contributed by atoms with E-state index in [2.05, 4.69) is 10.6 Å². The van der Waals surface area contributed by atoms with Crippen molar-refractivity contribution in [3.63, 3.8) is 0 Å². The Hall–Kier alpha value is -4.21. The Kier molecular flexibility index (Phi) is 7.56. The van der Waals surface area contributed by atoms with E-state index in [-0.39, 0.29) is 22.2 Å². The largest absolute Gasteiger partial charge is 0.354 e. The number of nitrogens with one attached hydrogen (secondary N) is 2. The molecule has 0 radical (unpaired) electrons. The van der Waals surface area contributed by atoms with E-state index >= 15 is 0 Å². The highest BCUT2D eigenvalue weighted by Crippen LogP contribution is 2.42. The topological polar surface area (TPSA) is 108 Å². The third kappa shape index (κ3) is 5.63. The number of amides is 2. The van der Waals surface area contributed by atoms with Gasteiger partial charge in [0, 0.05) is 43.0 Å². The lowest BCUT2D eigenvalue weighted by Gasteiger charge is -2.23. The molecule has 0 saturated heterocycles. The fraction of sp³-hybridized carbons (Fsp3) is 0.185. The second-order valence-electron chi connectivity index (χ2n) is 8.82. The molecule has 0 aromatic heterocycles. The molecule has 0 aliphatic carbocycles. The van der Waals surface area contributed by atoms with Gasteiger partial charge in [-0.2, -0.15) is 0 Å². The van der Waals surface area contributed by atoms with Crippen molar-refractivity contribution in [2.75, 3.05) is 42.7 Å². The molecule has 1 heterocycles. The van der Waals surface area contributed by atoms with Crippen LogP contribution in [0.4, 0.5) is 22.7 Å². The third-order valence-corrected chi connectivity index (χ3v) is 6.24. The molecule has 37 heavy (non-hydrogen) atoms. The zero-order valence-corrected chi connectivity index (χ0v) is 21.4. The molecule has 3 aromatic rings. The fourth-order valence-electron chi connectivity index (χ4n) is 4.09. The van der Waals surface area contributed by atoms with Crippen LogP contribution in [0.5, 0.6) is 0 Å². The summed E-state index contributed by atoms with van der Waals surface area (Å²) in [7, 11) is 3.90. The third-order valence-electron chi connectivity index (χ3n) is 5.94. The van der Waals surface area contributed by atoms with Gasteiger partial charge in [-0.25, -0.2) is 0 Å². The van der Waals surface area contributed by atoms with Crippen molar-refractivity contribution in [3.05, 3.63) is 93.0 Å². The van der Waals surface area contributed by atoms with Crippen molar-refractivity contribution in [1.82, 2.24) is 4.90 Å². The van der Waals surface area contributed by atoms with Crippen LogP contribution in [0.15, 0.2) is 66.7 Å². The Balaban J connectivity index is 1.76. The molecule has 190 valence electrons. The van der Waals surface area contributed by atoms with E-state index in [4.69, 9.17) is 11.6 Å². The number of benzene rings is 3. The van der Waals surface area contributed by atoms with E-state index in [1.165, 1.54) is 19.1 Å². The number of nitro groups is 1. The molecule has 9 nitrogen and oxygen atoms in total. The van der Waals surface area contributed by atoms with Gasteiger partial charge in [0.25, 0.3) is 11.6 Å². The van der Waals surface area contributed by atoms with E-state index in [1.807, 2.05) is 73.6 Å². The summed E-state index contributed by atoms with van der Waals surface area (Å²) in [4.78, 5) is 40.0. The van der Waals surface area contributed by atoms with Gasteiger partial charge in [0.05, 0.1) is 21.9 Å². The number of hydrogen-bond acceptors (Lipinski definition) is 6. The number of likely N-dealkylation sites (N-methyl/N-ethyl adjacent to an activating group) is 1. The van der Waals surface area contributed by atoms with Crippen LogP contribution in [0.1, 0.15) is 18.1 Å². The van der Waals surface area contributed by atoms with E-state index in [0.717, 1.165) is 11.3 Å². The molecule has 10 heteroatoms. The molecule has 1 aliphatic rings. The monoisotopic (exact) mass is 519 g/mol. The number of rotatable bonds is 8. The molecule has 0 spiro atoms. The van der Waals surface area contributed by atoms with Crippen LogP contribution in [0, 0.1) is 10.1 Å². The Morgan fingerprint density at radius 1 is 1.05 bits per heavy atom. The second-order valence-corrected chi connectivity index (χ2v) is 9.23. The lowest BCUT2D eigenvalue weighted by molar-refractivity contribution is -0.384. The van der Waals surface area contributed by atoms with Crippen LogP contribution in [0.25, 0.3) is 11.3 Å². The standard InChI is InChI=1S/C27H26ClN5O4/c1-17(34)32(14-13-31(2)3)20-11-9-19(10-12-20)29-26(18-7-5-4-6-8-18)25-21-15-24(33(36)37)22(28)16-23(21)30-27(25)35/h4-12,15-16,29H,13-14H2,1-3H3,(H,30,35)/b26-25-. The predicted molar refractivity (Wildman–Crippen MR) is 147 cm³/mol. The van der Waals surface area contributed by atoms with E-state index < -0.39 is 10.8 Å². The molecule has 4 rings (SSSR count). The van der Waals surface area contributed by atoms with E-state index in [1.54, 1.807) is 4.90 Å². The van der Waals surface area contributed by atoms with Crippen molar-refractivity contribution in [2.45, 2.75) is 6.92 Å². The molecule has 3 aromatic carbocycles. The highest BCUT2D eigenvalue weighted by Gasteiger charge is 2.32. The summed E-state index contributed by atoms with van der Waals surface area (Å²) in [6.45, 7) is 2.79. The molecular weight excluding hydrogens is 494 g/mol. The Bertz CT molecular complexity index is 1390. The zero-order valence-electron chi connectivity index (χ0n) is 20.6. The zero-order chi connectivity index (χ0) is 26.7. The Morgan fingerprint density at radius 2 is 1.73 bits per heavy atom. The molecule has 2 amide bonds. The number of nitro benzene ring substituents is 1. The normalized spacial score (nSPS) is 13.7. The molecule has 0 fully saturated rings. The summed E-state index contributed by atoms with van der Waals surface area (Å²) in [5.74, 6) is -0.463. The summed E-state index contributed by atoms with van der Waals surface area (Å²) in [6.07, 6.45) is 0. The number of anilines is 3. The maximum Gasteiger partial charge on any atom is 0.288 e. The maximum atomic E-state index is 13.1. The van der Waals surface area contributed by atoms with Crippen LogP contribution in [-0.2, 0) is 9.59 Å². The van der Waals surface area contributed by atoms with Gasteiger partial charge in [-0.05, 0) is 50.0 Å². The minimum Gasteiger partial charge on any atom is -0.354 e. The van der Waals surface area contributed by atoms with Gasteiger partial charge in [0.2, 0.25) is 5.91 Å². The first-order valence-electron chi connectivity index (χ1n) is 11.5. The van der Waals surface area contributed by atoms with Gasteiger partial charge in [0.1, 0.15) is 5.02 Å². The summed E-state index contributed by atoms with van der Waals surface area (Å²) in [5.41, 5.74) is 3.40. The van der Waals surface area contributed by atoms with Crippen molar-refractivity contribution in [1.29, 1.82) is 0 Å². The van der Waals surface area contributed by atoms with Gasteiger partial charge < -0.3 is 20.4 Å². The van der Waals surface area contributed by atoms with Crippen LogP contribution >= 0.6 is 11.6 Å². The number of fused-ring (bicyclic) bond motifs is 1. The van der Waals surface area contributed by atoms with E-state index in [0.29, 0.717) is 35.7 Å². The van der Waals surface area contributed by atoms with Gasteiger partial charge in [-0.15, -0.1) is 0 Å². The van der Waals surface area contributed by atoms with Crippen molar-refractivity contribution < 1.29 is 14.5 Å². The second kappa shape index (κ2) is 10.8. The van der Waals surface area contributed by atoms with Crippen LogP contribution in [0.3, 0.4) is 0 Å². The van der Waals surface area contributed by atoms with Crippen LogP contribution < -0.4 is 15.5 Å². The number of halogens is 1. The number of hydrogen-bond donors (Lipinski definition) is 2. The quantitative estimate of drug-likeness (QED) is 0.244. The van der Waals surface area contributed by atoms with Crippen LogP contribution in [0.2, 0.25) is 5.02 Å². The minimum absolute atomic E-state index is 0.0561. The van der Waals surface area contributed by atoms with Gasteiger partial charge in [0.15, 0.2) is 0 Å². The van der Waals surface area contributed by atoms with Crippen LogP contribution in [-0.4, -0.2) is 48.8 Å². The average molecular weight is 520 g/mol. The summed E-state index contributed by atoms with van der Waals surface area (Å²) >= 11 is 6.07. The van der Waals surface area contributed by atoms with E-state index in [9.17, 15) is 19.7 Å². The van der Waals surface area contributed by atoms with Gasteiger partial charge >= 0.3 is 0 Å². The first-order valence-corrected chi connectivity index (χ1v) is 11.9. The van der Waals surface area contributed by atoms with Gasteiger partial charge in [-0.1, -0.05) is 41.9 Å². The highest BCUT2D eigenvalue weighted by molar-refractivity contribution is 6.39. The maximum absolute atomic E-state index is 13.1. The number of carbonyl (C=O) groups is 2. The molecule has 0 saturated carbocycles. The molecule has 2 N–H and O–H groups in total. The SMILES string of the molecule is CC(=O)N(CCN(C)C)c1ccc(N/C(=C2\C(=O)Nc3cc(Cl)c([N+](=O)[O-])cc32)c2ccccc2)cc1. The molecule has 1 aliphatic heterocycles. The average Bonchev–Trinajstić information content (AvgIpc) is 3.17. The number of carbonyl (C=O) groups excluding carboxylic acids is 2. The fourth-order valence-corrected chi connectivity index (χ4v) is 4.32. The predicted octanol–water partition coefficient (Wildman–Crippen LogP) is 5.10. The molecule has 0 atom stereocenters. The van der Waals surface area contributed by atoms with Crippen molar-refractivity contribution in [3.8, 4) is 0 Å².